The highest BCUT2D eigenvalue weighted by molar-refractivity contribution is 5.90. The van der Waals surface area contributed by atoms with Crippen LogP contribution in [0.3, 0.4) is 0 Å². The summed E-state index contributed by atoms with van der Waals surface area (Å²) in [5.41, 5.74) is 3.47. The number of hydrogen-bond donors (Lipinski definition) is 0. The summed E-state index contributed by atoms with van der Waals surface area (Å²) >= 11 is 0. The Morgan fingerprint density at radius 2 is 1.89 bits per heavy atom. The first-order valence-corrected chi connectivity index (χ1v) is 6.52. The number of carbonyl (C=O) groups is 1. The van der Waals surface area contributed by atoms with Gasteiger partial charge in [0.2, 0.25) is 0 Å². The second-order valence-corrected chi connectivity index (χ2v) is 4.91. The van der Waals surface area contributed by atoms with E-state index in [1.54, 1.807) is 7.11 Å². The summed E-state index contributed by atoms with van der Waals surface area (Å²) in [5, 5.41) is 0. The van der Waals surface area contributed by atoms with Crippen molar-refractivity contribution >= 4 is 5.78 Å². The van der Waals surface area contributed by atoms with Crippen molar-refractivity contribution in [3.8, 4) is 5.75 Å². The Labute approximate surface area is 113 Å². The van der Waals surface area contributed by atoms with Gasteiger partial charge < -0.3 is 4.74 Å². The number of methoxy groups -OCH3 is 1. The van der Waals surface area contributed by atoms with Crippen molar-refractivity contribution in [2.24, 2.45) is 0 Å². The summed E-state index contributed by atoms with van der Waals surface area (Å²) in [5.74, 6) is 1.15. The van der Waals surface area contributed by atoms with E-state index in [2.05, 4.69) is 12.1 Å². The average Bonchev–Trinajstić information content (AvgIpc) is 2.41. The van der Waals surface area contributed by atoms with E-state index in [-0.39, 0.29) is 11.7 Å². The van der Waals surface area contributed by atoms with Crippen molar-refractivity contribution in [3.63, 3.8) is 0 Å². The molecule has 2 nitrogen and oxygen atoms in total. The fraction of sp³-hybridized carbons (Fsp3) is 0.235. The van der Waals surface area contributed by atoms with Crippen LogP contribution in [-0.4, -0.2) is 12.9 Å². The van der Waals surface area contributed by atoms with Crippen LogP contribution in [0, 0.1) is 0 Å². The highest BCUT2D eigenvalue weighted by Gasteiger charge is 2.31. The second-order valence-electron chi connectivity index (χ2n) is 4.91. The molecule has 0 spiro atoms. The highest BCUT2D eigenvalue weighted by atomic mass is 16.5. The molecule has 2 aromatic rings. The van der Waals surface area contributed by atoms with Crippen LogP contribution in [0.1, 0.15) is 22.6 Å². The predicted octanol–water partition coefficient (Wildman–Crippen LogP) is 3.15. The quantitative estimate of drug-likeness (QED) is 0.835. The van der Waals surface area contributed by atoms with Gasteiger partial charge in [-0.3, -0.25) is 4.79 Å². The van der Waals surface area contributed by atoms with Crippen LogP contribution in [0.15, 0.2) is 48.5 Å². The molecule has 0 aromatic heterocycles. The molecule has 96 valence electrons. The molecule has 0 saturated carbocycles. The predicted molar refractivity (Wildman–Crippen MR) is 74.6 cm³/mol. The van der Waals surface area contributed by atoms with Gasteiger partial charge in [0.25, 0.3) is 0 Å². The van der Waals surface area contributed by atoms with Gasteiger partial charge in [-0.2, -0.15) is 0 Å². The Bertz CT molecular complexity index is 616. The van der Waals surface area contributed by atoms with Crippen molar-refractivity contribution in [3.05, 3.63) is 65.2 Å². The number of para-hydroxylation sites is 1. The molecule has 3 rings (SSSR count). The molecule has 1 unspecified atom stereocenters. The molecule has 1 aliphatic rings. The lowest BCUT2D eigenvalue weighted by Crippen LogP contribution is -2.26. The number of ether oxygens (including phenoxy) is 1. The van der Waals surface area contributed by atoms with E-state index in [0.29, 0.717) is 6.42 Å². The first kappa shape index (κ1) is 12.0. The molecule has 0 radical (unpaired) electrons. The molecule has 0 bridgehead atoms. The molecular formula is C17H16O2. The van der Waals surface area contributed by atoms with Gasteiger partial charge in [-0.25, -0.2) is 0 Å². The standard InChI is InChI=1S/C17H16O2/c1-19-17-9-5-3-7-13(17)11-16(18)15-10-12-6-2-4-8-14(12)15/h2-9,15H,10-11H2,1H3. The van der Waals surface area contributed by atoms with Crippen LogP contribution in [0.5, 0.6) is 5.75 Å². The smallest absolute Gasteiger partial charge is 0.145 e. The van der Waals surface area contributed by atoms with E-state index >= 15 is 0 Å². The molecular weight excluding hydrogens is 236 g/mol. The molecule has 0 N–H and O–H groups in total. The second kappa shape index (κ2) is 4.88. The fourth-order valence-electron chi connectivity index (χ4n) is 2.71. The molecule has 0 amide bonds. The monoisotopic (exact) mass is 252 g/mol. The summed E-state index contributed by atoms with van der Waals surface area (Å²) < 4.78 is 5.29. The van der Waals surface area contributed by atoms with Crippen LogP contribution in [0.2, 0.25) is 0 Å². The van der Waals surface area contributed by atoms with Gasteiger partial charge in [-0.15, -0.1) is 0 Å². The minimum atomic E-state index is 0.0705. The van der Waals surface area contributed by atoms with E-state index in [4.69, 9.17) is 4.74 Å². The van der Waals surface area contributed by atoms with E-state index in [1.165, 1.54) is 11.1 Å². The van der Waals surface area contributed by atoms with Gasteiger partial charge in [0.05, 0.1) is 7.11 Å². The number of Topliss-reactive ketones (excluding diaryl/α,β-unsaturated/α-hetero) is 1. The number of rotatable bonds is 4. The minimum Gasteiger partial charge on any atom is -0.496 e. The molecule has 19 heavy (non-hydrogen) atoms. The maximum atomic E-state index is 12.4. The Hall–Kier alpha value is -2.09. The summed E-state index contributed by atoms with van der Waals surface area (Å²) in [6, 6.07) is 15.9. The van der Waals surface area contributed by atoms with E-state index in [1.807, 2.05) is 36.4 Å². The molecule has 1 atom stereocenters. The van der Waals surface area contributed by atoms with Crippen molar-refractivity contribution in [2.45, 2.75) is 18.8 Å². The fourth-order valence-corrected chi connectivity index (χ4v) is 2.71. The maximum absolute atomic E-state index is 12.4. The topological polar surface area (TPSA) is 26.3 Å². The third-order valence-electron chi connectivity index (χ3n) is 3.80. The van der Waals surface area contributed by atoms with Crippen LogP contribution in [-0.2, 0) is 17.6 Å². The molecule has 0 saturated heterocycles. The van der Waals surface area contributed by atoms with Crippen molar-refractivity contribution < 1.29 is 9.53 Å². The number of fused-ring (bicyclic) bond motifs is 1. The minimum absolute atomic E-state index is 0.0705. The number of ketones is 1. The van der Waals surface area contributed by atoms with Gasteiger partial charge in [0.15, 0.2) is 0 Å². The van der Waals surface area contributed by atoms with Gasteiger partial charge in [0.1, 0.15) is 11.5 Å². The Kier molecular flexibility index (Phi) is 3.08. The summed E-state index contributed by atoms with van der Waals surface area (Å²) in [6.45, 7) is 0. The van der Waals surface area contributed by atoms with Gasteiger partial charge >= 0.3 is 0 Å². The zero-order chi connectivity index (χ0) is 13.2. The van der Waals surface area contributed by atoms with Gasteiger partial charge in [-0.1, -0.05) is 42.5 Å². The number of carbonyl (C=O) groups excluding carboxylic acids is 1. The largest absolute Gasteiger partial charge is 0.496 e. The summed E-state index contributed by atoms with van der Waals surface area (Å²) in [4.78, 5) is 12.4. The normalized spacial score (nSPS) is 16.4. The summed E-state index contributed by atoms with van der Waals surface area (Å²) in [7, 11) is 1.64. The van der Waals surface area contributed by atoms with E-state index < -0.39 is 0 Å². The number of benzene rings is 2. The first-order valence-electron chi connectivity index (χ1n) is 6.52. The first-order chi connectivity index (χ1) is 9.29. The molecule has 0 heterocycles. The van der Waals surface area contributed by atoms with Crippen LogP contribution < -0.4 is 4.74 Å². The lowest BCUT2D eigenvalue weighted by molar-refractivity contribution is -0.120. The Morgan fingerprint density at radius 3 is 2.68 bits per heavy atom. The third kappa shape index (κ3) is 2.14. The van der Waals surface area contributed by atoms with Crippen LogP contribution in [0.25, 0.3) is 0 Å². The van der Waals surface area contributed by atoms with Crippen molar-refractivity contribution in [2.75, 3.05) is 7.11 Å². The molecule has 1 aliphatic carbocycles. The maximum Gasteiger partial charge on any atom is 0.145 e. The Morgan fingerprint density at radius 1 is 1.16 bits per heavy atom. The van der Waals surface area contributed by atoms with Gasteiger partial charge in [-0.05, 0) is 23.6 Å². The van der Waals surface area contributed by atoms with Crippen LogP contribution in [0.4, 0.5) is 0 Å². The van der Waals surface area contributed by atoms with Crippen LogP contribution >= 0.6 is 0 Å². The van der Waals surface area contributed by atoms with Crippen molar-refractivity contribution in [1.29, 1.82) is 0 Å². The molecule has 0 aliphatic heterocycles. The molecule has 0 fully saturated rings. The molecule has 2 heteroatoms. The van der Waals surface area contributed by atoms with E-state index in [0.717, 1.165) is 17.7 Å². The highest BCUT2D eigenvalue weighted by Crippen LogP contribution is 2.36. The SMILES string of the molecule is COc1ccccc1CC(=O)C1Cc2ccccc21. The zero-order valence-corrected chi connectivity index (χ0v) is 10.9. The summed E-state index contributed by atoms with van der Waals surface area (Å²) in [6.07, 6.45) is 1.33. The lowest BCUT2D eigenvalue weighted by atomic mass is 9.74. The zero-order valence-electron chi connectivity index (χ0n) is 10.9. The van der Waals surface area contributed by atoms with Gasteiger partial charge in [0, 0.05) is 17.9 Å². The lowest BCUT2D eigenvalue weighted by Gasteiger charge is -2.29. The number of hydrogen-bond acceptors (Lipinski definition) is 2. The van der Waals surface area contributed by atoms with E-state index in [9.17, 15) is 4.79 Å². The Balaban J connectivity index is 1.77. The van der Waals surface area contributed by atoms with Crippen molar-refractivity contribution in [1.82, 2.24) is 0 Å². The molecule has 2 aromatic carbocycles. The third-order valence-corrected chi connectivity index (χ3v) is 3.80. The average molecular weight is 252 g/mol.